The molecule has 26 heavy (non-hydrogen) atoms. The fourth-order valence-corrected chi connectivity index (χ4v) is 7.72. The molecule has 8 atom stereocenters. The predicted molar refractivity (Wildman–Crippen MR) is 99.3 cm³/mol. The number of rotatable bonds is 2. The lowest BCUT2D eigenvalue weighted by Crippen LogP contribution is -2.65. The molecule has 0 bridgehead atoms. The zero-order valence-corrected chi connectivity index (χ0v) is 16.2. The molecule has 3 N–H and O–H groups in total. The van der Waals surface area contributed by atoms with Crippen LogP contribution in [0.2, 0.25) is 0 Å². The number of hydrogen-bond acceptors (Lipinski definition) is 4. The largest absolute Gasteiger partial charge is 0.393 e. The van der Waals surface area contributed by atoms with E-state index in [4.69, 9.17) is 0 Å². The molecule has 4 nitrogen and oxygen atoms in total. The van der Waals surface area contributed by atoms with Crippen LogP contribution in [0.15, 0.2) is 12.2 Å². The molecule has 0 aromatic heterocycles. The molecule has 0 saturated heterocycles. The van der Waals surface area contributed by atoms with Crippen molar-refractivity contribution in [3.63, 3.8) is 0 Å². The first-order valence-electron chi connectivity index (χ1n) is 10.5. The van der Waals surface area contributed by atoms with Gasteiger partial charge in [0.1, 0.15) is 6.29 Å². The summed E-state index contributed by atoms with van der Waals surface area (Å²) in [5.74, 6) is 1.22. The van der Waals surface area contributed by atoms with Crippen LogP contribution in [0.5, 0.6) is 0 Å². The van der Waals surface area contributed by atoms with Crippen LogP contribution in [0.25, 0.3) is 0 Å². The molecule has 0 heterocycles. The number of hydrogen-bond donors (Lipinski definition) is 3. The van der Waals surface area contributed by atoms with E-state index in [0.717, 1.165) is 44.9 Å². The third-order valence-corrected chi connectivity index (χ3v) is 9.48. The van der Waals surface area contributed by atoms with Gasteiger partial charge >= 0.3 is 0 Å². The van der Waals surface area contributed by atoms with Crippen molar-refractivity contribution in [3.05, 3.63) is 12.2 Å². The molecule has 0 aromatic carbocycles. The minimum atomic E-state index is -1.10. The van der Waals surface area contributed by atoms with Crippen molar-refractivity contribution in [1.82, 2.24) is 0 Å². The molecular formula is C22H34O4. The number of carbonyl (C=O) groups is 1. The Kier molecular flexibility index (Phi) is 4.22. The Labute approximate surface area is 156 Å². The van der Waals surface area contributed by atoms with E-state index in [-0.39, 0.29) is 17.4 Å². The molecule has 4 rings (SSSR count). The van der Waals surface area contributed by atoms with Gasteiger partial charge in [-0.25, -0.2) is 0 Å². The van der Waals surface area contributed by atoms with Crippen molar-refractivity contribution in [2.24, 2.45) is 28.6 Å². The Morgan fingerprint density at radius 2 is 1.69 bits per heavy atom. The lowest BCUT2D eigenvalue weighted by atomic mass is 9.43. The summed E-state index contributed by atoms with van der Waals surface area (Å²) in [7, 11) is 0. The summed E-state index contributed by atoms with van der Waals surface area (Å²) in [6, 6.07) is 0. The summed E-state index contributed by atoms with van der Waals surface area (Å²) in [6.07, 6.45) is 11.4. The molecule has 0 aromatic rings. The van der Waals surface area contributed by atoms with Gasteiger partial charge in [0, 0.05) is 5.41 Å². The van der Waals surface area contributed by atoms with E-state index >= 15 is 0 Å². The summed E-state index contributed by atoms with van der Waals surface area (Å²) < 4.78 is 0. The third kappa shape index (κ3) is 2.21. The number of aliphatic hydroxyl groups excluding tert-OH is 1. The maximum Gasteiger partial charge on any atom is 0.142 e. The van der Waals surface area contributed by atoms with Crippen LogP contribution in [0.4, 0.5) is 0 Å². The zero-order chi connectivity index (χ0) is 18.8. The number of fused-ring (bicyclic) bond motifs is 5. The Hall–Kier alpha value is -0.710. The van der Waals surface area contributed by atoms with Gasteiger partial charge in [-0.2, -0.15) is 0 Å². The summed E-state index contributed by atoms with van der Waals surface area (Å²) in [5, 5.41) is 33.4. The molecule has 4 aliphatic carbocycles. The fourth-order valence-electron chi connectivity index (χ4n) is 7.72. The van der Waals surface area contributed by atoms with E-state index < -0.39 is 16.6 Å². The highest BCUT2D eigenvalue weighted by Gasteiger charge is 2.71. The highest BCUT2D eigenvalue weighted by molar-refractivity contribution is 5.65. The van der Waals surface area contributed by atoms with Crippen LogP contribution in [0.3, 0.4) is 0 Å². The lowest BCUT2D eigenvalue weighted by molar-refractivity contribution is -0.227. The summed E-state index contributed by atoms with van der Waals surface area (Å²) in [4.78, 5) is 10.8. The smallest absolute Gasteiger partial charge is 0.142 e. The van der Waals surface area contributed by atoms with Gasteiger partial charge in [0.25, 0.3) is 0 Å². The molecule has 0 amide bonds. The highest BCUT2D eigenvalue weighted by atomic mass is 16.3. The molecule has 0 radical (unpaired) electrons. The van der Waals surface area contributed by atoms with E-state index in [9.17, 15) is 20.1 Å². The first-order valence-corrected chi connectivity index (χ1v) is 10.5. The van der Waals surface area contributed by atoms with Gasteiger partial charge in [0.15, 0.2) is 0 Å². The molecule has 146 valence electrons. The molecular weight excluding hydrogens is 328 g/mol. The van der Waals surface area contributed by atoms with Gasteiger partial charge < -0.3 is 15.3 Å². The average Bonchev–Trinajstić information content (AvgIpc) is 2.82. The molecule has 2 unspecified atom stereocenters. The van der Waals surface area contributed by atoms with Crippen molar-refractivity contribution in [2.75, 3.05) is 0 Å². The van der Waals surface area contributed by atoms with Crippen LogP contribution < -0.4 is 0 Å². The minimum absolute atomic E-state index is 0.161. The van der Waals surface area contributed by atoms with Gasteiger partial charge in [-0.05, 0) is 93.1 Å². The topological polar surface area (TPSA) is 77.8 Å². The zero-order valence-electron chi connectivity index (χ0n) is 16.2. The van der Waals surface area contributed by atoms with E-state index in [0.29, 0.717) is 31.0 Å². The molecule has 4 fully saturated rings. The second-order valence-corrected chi connectivity index (χ2v) is 10.1. The Balaban J connectivity index is 1.68. The van der Waals surface area contributed by atoms with Gasteiger partial charge in [-0.3, -0.25) is 4.79 Å². The van der Waals surface area contributed by atoms with Crippen molar-refractivity contribution < 1.29 is 20.1 Å². The highest BCUT2D eigenvalue weighted by Crippen LogP contribution is 2.69. The van der Waals surface area contributed by atoms with Gasteiger partial charge in [-0.15, -0.1) is 0 Å². The summed E-state index contributed by atoms with van der Waals surface area (Å²) >= 11 is 0. The van der Waals surface area contributed by atoms with Crippen molar-refractivity contribution in [3.8, 4) is 0 Å². The van der Waals surface area contributed by atoms with E-state index in [1.165, 1.54) is 6.08 Å². The Morgan fingerprint density at radius 1 is 0.923 bits per heavy atom. The van der Waals surface area contributed by atoms with Gasteiger partial charge in [0.05, 0.1) is 17.3 Å². The maximum absolute atomic E-state index is 11.9. The lowest BCUT2D eigenvalue weighted by Gasteiger charge is -2.64. The second kappa shape index (κ2) is 5.89. The van der Waals surface area contributed by atoms with E-state index in [2.05, 4.69) is 6.92 Å². The van der Waals surface area contributed by atoms with Gasteiger partial charge in [0.2, 0.25) is 0 Å². The number of carbonyl (C=O) groups excluding carboxylic acids is 1. The van der Waals surface area contributed by atoms with E-state index in [1.807, 2.05) is 6.92 Å². The molecule has 4 aliphatic rings. The van der Waals surface area contributed by atoms with Crippen LogP contribution >= 0.6 is 0 Å². The van der Waals surface area contributed by atoms with Crippen molar-refractivity contribution in [1.29, 1.82) is 0 Å². The molecule has 0 aliphatic heterocycles. The van der Waals surface area contributed by atoms with Crippen molar-refractivity contribution in [2.45, 2.75) is 88.9 Å². The van der Waals surface area contributed by atoms with Crippen molar-refractivity contribution >= 4 is 6.29 Å². The van der Waals surface area contributed by atoms with Crippen LogP contribution in [-0.4, -0.2) is 38.9 Å². The van der Waals surface area contributed by atoms with Crippen LogP contribution in [0.1, 0.15) is 71.6 Å². The summed E-state index contributed by atoms with van der Waals surface area (Å²) in [6.45, 7) is 4.42. The molecule has 0 spiro atoms. The van der Waals surface area contributed by atoms with E-state index in [1.54, 1.807) is 6.08 Å². The number of aldehydes is 1. The minimum Gasteiger partial charge on any atom is -0.393 e. The Morgan fingerprint density at radius 3 is 2.42 bits per heavy atom. The van der Waals surface area contributed by atoms with Crippen LogP contribution in [0, 0.1) is 28.6 Å². The summed E-state index contributed by atoms with van der Waals surface area (Å²) in [5.41, 5.74) is -2.38. The van der Waals surface area contributed by atoms with Crippen LogP contribution in [-0.2, 0) is 4.79 Å². The van der Waals surface area contributed by atoms with Gasteiger partial charge in [-0.1, -0.05) is 13.8 Å². The fraction of sp³-hybridized carbons (Fsp3) is 0.864. The average molecular weight is 363 g/mol. The number of aliphatic hydroxyl groups is 3. The first-order chi connectivity index (χ1) is 12.2. The normalized spacial score (nSPS) is 56.7. The standard InChI is InChI=1S/C22H34O4/c1-19-9-6-16(24)14-15(19)4-5-18-17(19)7-10-20(2)21(25,8-3-13-23)11-12-22(18,20)26/h3,8,13,15-18,24-26H,4-7,9-12,14H2,1-2H3/b8-3+/t15?,16?,17-,18+,19-,20+,21+,22+/m0/s1. The quantitative estimate of drug-likeness (QED) is 0.521. The molecule has 4 saturated carbocycles. The SMILES string of the molecule is C[C@]12CC[C@H]3[C@@H](CCC4CC(O)CC[C@@]43C)[C@]1(O)CC[C@]2(O)/C=C/C=O. The second-order valence-electron chi connectivity index (χ2n) is 10.1. The monoisotopic (exact) mass is 362 g/mol. The number of allylic oxidation sites excluding steroid dienone is 1. The predicted octanol–water partition coefficient (Wildman–Crippen LogP) is 2.99. The molecule has 4 heteroatoms. The first kappa shape index (κ1) is 18.6. The maximum atomic E-state index is 11.9. The third-order valence-electron chi connectivity index (χ3n) is 9.48. The Bertz CT molecular complexity index is 617.